The fourth-order valence-electron chi connectivity index (χ4n) is 4.01. The number of rotatable bonds is 7. The molecule has 0 atom stereocenters. The Morgan fingerprint density at radius 3 is 2.30 bits per heavy atom. The van der Waals surface area contributed by atoms with Crippen molar-refractivity contribution in [3.8, 4) is 0 Å². The number of aliphatic carboxylic acids is 1. The molecule has 1 aromatic heterocycles. The monoisotopic (exact) mass is 418 g/mol. The first kappa shape index (κ1) is 25.7. The summed E-state index contributed by atoms with van der Waals surface area (Å²) in [6.45, 7) is 11.4. The van der Waals surface area contributed by atoms with Gasteiger partial charge >= 0.3 is 5.97 Å². The van der Waals surface area contributed by atoms with Crippen LogP contribution in [0, 0.1) is 0 Å². The average molecular weight is 419 g/mol. The van der Waals surface area contributed by atoms with Crippen molar-refractivity contribution in [2.45, 2.75) is 51.0 Å². The standard InChI is InChI=1S/C11H20N2O.C11H13NO2.CH5N/c14-10-12-6-8-13(9-7-12)11-4-2-1-3-5-11;1-3-9-8(5-6-11(13)14)7-12-10(9)4-2;1-2/h10-11H,1-9H2;3-4,7,12H,1-2,5-6H2,(H,13,14);2H2,1H3. The molecule has 2 aliphatic rings. The van der Waals surface area contributed by atoms with E-state index in [4.69, 9.17) is 5.11 Å². The van der Waals surface area contributed by atoms with Gasteiger partial charge < -0.3 is 20.7 Å². The zero-order valence-electron chi connectivity index (χ0n) is 18.3. The molecular formula is C23H38N4O3. The van der Waals surface area contributed by atoms with Gasteiger partial charge in [0.1, 0.15) is 0 Å². The number of nitrogens with two attached hydrogens (primary N) is 1. The van der Waals surface area contributed by atoms with Gasteiger partial charge in [0.25, 0.3) is 0 Å². The largest absolute Gasteiger partial charge is 0.481 e. The summed E-state index contributed by atoms with van der Waals surface area (Å²) in [5.74, 6) is -0.790. The molecule has 7 heteroatoms. The van der Waals surface area contributed by atoms with Gasteiger partial charge in [-0.2, -0.15) is 0 Å². The molecule has 0 radical (unpaired) electrons. The normalized spacial score (nSPS) is 17.1. The second-order valence-corrected chi connectivity index (χ2v) is 7.41. The molecular weight excluding hydrogens is 380 g/mol. The van der Waals surface area contributed by atoms with E-state index in [0.717, 1.165) is 55.5 Å². The summed E-state index contributed by atoms with van der Waals surface area (Å²) in [6, 6.07) is 0.817. The SMILES string of the molecule is C=Cc1[nH]cc(CCC(=O)O)c1C=C.CN.O=CN1CCN(C2CCCCC2)CC1. The Kier molecular flexibility index (Phi) is 12.5. The highest BCUT2D eigenvalue weighted by Gasteiger charge is 2.24. The Morgan fingerprint density at radius 2 is 1.80 bits per heavy atom. The van der Waals surface area contributed by atoms with Crippen LogP contribution in [0.4, 0.5) is 0 Å². The van der Waals surface area contributed by atoms with Crippen molar-refractivity contribution in [3.05, 3.63) is 36.2 Å². The summed E-state index contributed by atoms with van der Waals surface area (Å²) in [5.41, 5.74) is 7.30. The van der Waals surface area contributed by atoms with Crippen LogP contribution in [0.5, 0.6) is 0 Å². The molecule has 168 valence electrons. The van der Waals surface area contributed by atoms with E-state index >= 15 is 0 Å². The van der Waals surface area contributed by atoms with E-state index in [1.165, 1.54) is 39.2 Å². The lowest BCUT2D eigenvalue weighted by molar-refractivity contribution is -0.137. The number of carbonyl (C=O) groups is 2. The van der Waals surface area contributed by atoms with E-state index in [9.17, 15) is 9.59 Å². The lowest BCUT2D eigenvalue weighted by atomic mass is 9.94. The van der Waals surface area contributed by atoms with Crippen molar-refractivity contribution in [1.29, 1.82) is 0 Å². The minimum Gasteiger partial charge on any atom is -0.481 e. The van der Waals surface area contributed by atoms with Gasteiger partial charge in [-0.05, 0) is 37.9 Å². The molecule has 0 spiro atoms. The Morgan fingerprint density at radius 1 is 1.17 bits per heavy atom. The van der Waals surface area contributed by atoms with Crippen molar-refractivity contribution in [2.24, 2.45) is 5.73 Å². The number of piperazine rings is 1. The first-order valence-corrected chi connectivity index (χ1v) is 10.8. The predicted molar refractivity (Wildman–Crippen MR) is 123 cm³/mol. The van der Waals surface area contributed by atoms with Gasteiger partial charge in [-0.15, -0.1) is 0 Å². The van der Waals surface area contributed by atoms with Gasteiger partial charge in [0.2, 0.25) is 6.41 Å². The van der Waals surface area contributed by atoms with E-state index in [1.807, 2.05) is 4.90 Å². The predicted octanol–water partition coefficient (Wildman–Crippen LogP) is 2.99. The minimum atomic E-state index is -0.790. The topological polar surface area (TPSA) is 103 Å². The fourth-order valence-corrected chi connectivity index (χ4v) is 4.01. The number of hydrogen-bond donors (Lipinski definition) is 3. The Hall–Kier alpha value is -2.38. The number of carboxylic acids is 1. The van der Waals surface area contributed by atoms with Crippen LogP contribution in [-0.2, 0) is 16.0 Å². The maximum Gasteiger partial charge on any atom is 0.303 e. The number of aromatic amines is 1. The summed E-state index contributed by atoms with van der Waals surface area (Å²) in [5, 5.41) is 8.55. The van der Waals surface area contributed by atoms with Crippen molar-refractivity contribution in [1.82, 2.24) is 14.8 Å². The number of amides is 1. The van der Waals surface area contributed by atoms with Crippen molar-refractivity contribution in [2.75, 3.05) is 33.2 Å². The third-order valence-electron chi connectivity index (χ3n) is 5.64. The second-order valence-electron chi connectivity index (χ2n) is 7.41. The molecule has 1 saturated carbocycles. The molecule has 2 fully saturated rings. The molecule has 0 bridgehead atoms. The van der Waals surface area contributed by atoms with Crippen molar-refractivity contribution < 1.29 is 14.7 Å². The van der Waals surface area contributed by atoms with E-state index in [0.29, 0.717) is 6.42 Å². The van der Waals surface area contributed by atoms with Crippen LogP contribution < -0.4 is 5.73 Å². The smallest absolute Gasteiger partial charge is 0.303 e. The van der Waals surface area contributed by atoms with Gasteiger partial charge in [0.05, 0.1) is 0 Å². The highest BCUT2D eigenvalue weighted by Crippen LogP contribution is 2.23. The van der Waals surface area contributed by atoms with Crippen LogP contribution in [0.1, 0.15) is 55.3 Å². The van der Waals surface area contributed by atoms with Gasteiger partial charge in [0.15, 0.2) is 0 Å². The minimum absolute atomic E-state index is 0.134. The van der Waals surface area contributed by atoms with Crippen LogP contribution in [-0.4, -0.2) is 71.5 Å². The first-order valence-electron chi connectivity index (χ1n) is 10.8. The summed E-state index contributed by atoms with van der Waals surface area (Å²) >= 11 is 0. The van der Waals surface area contributed by atoms with Crippen LogP contribution in [0.25, 0.3) is 12.2 Å². The molecule has 2 heterocycles. The molecule has 1 saturated heterocycles. The van der Waals surface area contributed by atoms with Gasteiger partial charge in [0, 0.05) is 56.1 Å². The van der Waals surface area contributed by atoms with Crippen LogP contribution in [0.2, 0.25) is 0 Å². The molecule has 1 aliphatic heterocycles. The van der Waals surface area contributed by atoms with Gasteiger partial charge in [-0.3, -0.25) is 14.5 Å². The maximum absolute atomic E-state index is 10.6. The Labute approximate surface area is 180 Å². The number of nitrogens with one attached hydrogen (secondary N) is 1. The number of aromatic nitrogens is 1. The lowest BCUT2D eigenvalue weighted by Crippen LogP contribution is -2.50. The third-order valence-corrected chi connectivity index (χ3v) is 5.64. The lowest BCUT2D eigenvalue weighted by Gasteiger charge is -2.39. The zero-order chi connectivity index (χ0) is 22.4. The highest BCUT2D eigenvalue weighted by molar-refractivity contribution is 5.69. The molecule has 30 heavy (non-hydrogen) atoms. The van der Waals surface area contributed by atoms with Crippen molar-refractivity contribution in [3.63, 3.8) is 0 Å². The molecule has 1 aliphatic carbocycles. The quantitative estimate of drug-likeness (QED) is 0.591. The van der Waals surface area contributed by atoms with Gasteiger partial charge in [-0.1, -0.05) is 38.5 Å². The van der Waals surface area contributed by atoms with E-state index in [2.05, 4.69) is 28.8 Å². The summed E-state index contributed by atoms with van der Waals surface area (Å²) in [6.07, 6.45) is 13.8. The summed E-state index contributed by atoms with van der Waals surface area (Å²) in [4.78, 5) is 28.4. The van der Waals surface area contributed by atoms with E-state index in [-0.39, 0.29) is 6.42 Å². The van der Waals surface area contributed by atoms with Crippen LogP contribution >= 0.6 is 0 Å². The van der Waals surface area contributed by atoms with Crippen LogP contribution in [0.15, 0.2) is 19.4 Å². The summed E-state index contributed by atoms with van der Waals surface area (Å²) in [7, 11) is 1.50. The van der Waals surface area contributed by atoms with Gasteiger partial charge in [-0.25, -0.2) is 0 Å². The highest BCUT2D eigenvalue weighted by atomic mass is 16.4. The fraction of sp³-hybridized carbons (Fsp3) is 0.565. The molecule has 4 N–H and O–H groups in total. The maximum atomic E-state index is 10.6. The number of carbonyl (C=O) groups excluding carboxylic acids is 1. The number of aryl methyl sites for hydroxylation is 1. The average Bonchev–Trinajstić information content (AvgIpc) is 3.22. The molecule has 0 unspecified atom stereocenters. The first-order chi connectivity index (χ1) is 14.6. The molecule has 7 nitrogen and oxygen atoms in total. The molecule has 0 aromatic carbocycles. The number of nitrogens with zero attached hydrogens (tertiary/aromatic N) is 2. The Balaban J connectivity index is 0.000000277. The summed E-state index contributed by atoms with van der Waals surface area (Å²) < 4.78 is 0. The molecule has 3 rings (SSSR count). The third kappa shape index (κ3) is 8.16. The van der Waals surface area contributed by atoms with E-state index in [1.54, 1.807) is 18.3 Å². The number of hydrogen-bond acceptors (Lipinski definition) is 4. The van der Waals surface area contributed by atoms with Crippen LogP contribution in [0.3, 0.4) is 0 Å². The zero-order valence-corrected chi connectivity index (χ0v) is 18.3. The number of H-pyrrole nitrogens is 1. The van der Waals surface area contributed by atoms with E-state index < -0.39 is 5.97 Å². The second kappa shape index (κ2) is 14.6. The Bertz CT molecular complexity index is 657. The molecule has 1 aromatic rings. The molecule has 1 amide bonds. The van der Waals surface area contributed by atoms with Crippen molar-refractivity contribution >= 4 is 24.5 Å². The number of carboxylic acid groups (broad SMARTS) is 1.